The summed E-state index contributed by atoms with van der Waals surface area (Å²) in [6.45, 7) is 3.73. The number of nitrogens with zero attached hydrogens (tertiary/aromatic N) is 1. The molecule has 0 unspecified atom stereocenters. The van der Waals surface area contributed by atoms with Crippen molar-refractivity contribution in [2.45, 2.75) is 62.8 Å². The molecule has 2 N–H and O–H groups in total. The van der Waals surface area contributed by atoms with Crippen LogP contribution in [0, 0.1) is 11.8 Å². The maximum atomic E-state index is 13.7. The number of ether oxygens (including phenoxy) is 1. The van der Waals surface area contributed by atoms with Crippen LogP contribution >= 0.6 is 0 Å². The quantitative estimate of drug-likeness (QED) is 0.354. The van der Waals surface area contributed by atoms with Gasteiger partial charge in [0.25, 0.3) is 5.91 Å². The Labute approximate surface area is 249 Å². The Morgan fingerprint density at radius 1 is 0.884 bits per heavy atom. The highest BCUT2D eigenvalue weighted by Gasteiger charge is 2.51. The van der Waals surface area contributed by atoms with Crippen molar-refractivity contribution >= 4 is 17.8 Å². The second kappa shape index (κ2) is 13.9. The first-order valence-corrected chi connectivity index (χ1v) is 14.9. The molecule has 1 saturated carbocycles. The number of hydrogen-bond donors (Lipinski definition) is 2. The van der Waals surface area contributed by atoms with Gasteiger partial charge in [-0.15, -0.1) is 0 Å². The first kappa shape index (κ1) is 32.5. The Balaban J connectivity index is 0.000000541. The standard InChI is InChI=1S/C30H38N2O4.C2HF3O2/c33-28(31-20-23-10-4-1-5-11-23)22-32-18-16-24(17-19-32)27(21-32)36-29(34)30(35,25-12-6-2-7-13-25)26-14-8-3-9-15-26;3-2(4,5)1(6)7/h2-3,6-9,12-15,23-24,27,35H,1,4-5,10-11,16-22H2;(H,6,7)/t24?,27-,32?;/m0./s1. The Bertz CT molecular complexity index is 1190. The lowest BCUT2D eigenvalue weighted by atomic mass is 9.82. The number of esters is 1. The van der Waals surface area contributed by atoms with E-state index in [0.29, 0.717) is 34.6 Å². The summed E-state index contributed by atoms with van der Waals surface area (Å²) in [4.78, 5) is 35.4. The van der Waals surface area contributed by atoms with Crippen molar-refractivity contribution in [2.24, 2.45) is 11.8 Å². The van der Waals surface area contributed by atoms with Gasteiger partial charge in [-0.25, -0.2) is 4.79 Å². The molecule has 4 fully saturated rings. The van der Waals surface area contributed by atoms with Crippen LogP contribution in [0.1, 0.15) is 56.1 Å². The van der Waals surface area contributed by atoms with Gasteiger partial charge in [-0.2, -0.15) is 13.2 Å². The molecule has 8 nitrogen and oxygen atoms in total. The van der Waals surface area contributed by atoms with Crippen molar-refractivity contribution in [2.75, 3.05) is 32.7 Å². The Morgan fingerprint density at radius 3 is 1.88 bits per heavy atom. The number of benzene rings is 2. The van der Waals surface area contributed by atoms with Gasteiger partial charge in [0.05, 0.1) is 13.1 Å². The summed E-state index contributed by atoms with van der Waals surface area (Å²) < 4.78 is 38.3. The molecule has 43 heavy (non-hydrogen) atoms. The van der Waals surface area contributed by atoms with E-state index in [2.05, 4.69) is 5.32 Å². The number of carboxylic acid groups (broad SMARTS) is 1. The van der Waals surface area contributed by atoms with Gasteiger partial charge in [0.2, 0.25) is 5.60 Å². The van der Waals surface area contributed by atoms with Crippen molar-refractivity contribution in [3.63, 3.8) is 0 Å². The number of nitrogens with one attached hydrogen (secondary N) is 1. The number of halogens is 3. The van der Waals surface area contributed by atoms with Crippen LogP contribution in [0.5, 0.6) is 0 Å². The molecule has 2 aromatic carbocycles. The molecule has 1 atom stereocenters. The van der Waals surface area contributed by atoms with Crippen LogP contribution in [0.2, 0.25) is 0 Å². The normalized spacial score (nSPS) is 23.9. The summed E-state index contributed by atoms with van der Waals surface area (Å²) in [5.74, 6) is -2.66. The molecule has 0 aromatic heterocycles. The number of aliphatic carboxylic acids is 1. The Morgan fingerprint density at radius 2 is 1.40 bits per heavy atom. The van der Waals surface area contributed by atoms with E-state index in [4.69, 9.17) is 14.6 Å². The smallest absolute Gasteiger partial charge is 0.430 e. The first-order chi connectivity index (χ1) is 20.4. The van der Waals surface area contributed by atoms with Crippen molar-refractivity contribution in [3.8, 4) is 0 Å². The molecule has 2 bridgehead atoms. The monoisotopic (exact) mass is 604 g/mol. The van der Waals surface area contributed by atoms with Gasteiger partial charge in [0, 0.05) is 25.3 Å². The van der Waals surface area contributed by atoms with E-state index in [9.17, 15) is 27.9 Å². The molecule has 234 valence electrons. The van der Waals surface area contributed by atoms with Crippen molar-refractivity contribution in [1.29, 1.82) is 0 Å². The summed E-state index contributed by atoms with van der Waals surface area (Å²) in [5, 5.41) is 23.8. The van der Waals surface area contributed by atoms with Gasteiger partial charge in [0.1, 0.15) is 12.5 Å². The van der Waals surface area contributed by atoms with Crippen LogP contribution in [0.25, 0.3) is 0 Å². The summed E-state index contributed by atoms with van der Waals surface area (Å²) in [7, 11) is 0. The van der Waals surface area contributed by atoms with E-state index in [0.717, 1.165) is 32.5 Å². The van der Waals surface area contributed by atoms with E-state index >= 15 is 0 Å². The van der Waals surface area contributed by atoms with Gasteiger partial charge in [-0.05, 0) is 29.9 Å². The van der Waals surface area contributed by atoms with E-state index in [1.54, 1.807) is 24.3 Å². The molecule has 0 spiro atoms. The molecule has 1 amide bonds. The van der Waals surface area contributed by atoms with Gasteiger partial charge in [0.15, 0.2) is 12.6 Å². The third-order valence-corrected chi connectivity index (χ3v) is 9.00. The summed E-state index contributed by atoms with van der Waals surface area (Å²) >= 11 is 0. The molecule has 1 aliphatic carbocycles. The fourth-order valence-corrected chi connectivity index (χ4v) is 6.57. The molecule has 3 heterocycles. The minimum absolute atomic E-state index is 0.107. The van der Waals surface area contributed by atoms with Gasteiger partial charge < -0.3 is 29.5 Å². The molecule has 0 radical (unpaired) electrons. The predicted octanol–water partition coefficient (Wildman–Crippen LogP) is 3.07. The minimum atomic E-state index is -5.19. The average Bonchev–Trinajstić information content (AvgIpc) is 3.01. The molecule has 3 aliphatic heterocycles. The van der Waals surface area contributed by atoms with Gasteiger partial charge in [-0.3, -0.25) is 4.79 Å². The summed E-state index contributed by atoms with van der Waals surface area (Å²) in [6.07, 6.45) is 2.66. The fourth-order valence-electron chi connectivity index (χ4n) is 6.57. The number of hydrogen-bond acceptors (Lipinski definition) is 6. The lowest BCUT2D eigenvalue weighted by molar-refractivity contribution is -0.939. The maximum absolute atomic E-state index is 13.7. The Hall–Kier alpha value is -3.44. The van der Waals surface area contributed by atoms with Gasteiger partial charge >= 0.3 is 12.1 Å². The zero-order valence-electron chi connectivity index (χ0n) is 24.1. The van der Waals surface area contributed by atoms with Gasteiger partial charge in [-0.1, -0.05) is 79.9 Å². The maximum Gasteiger partial charge on any atom is 0.430 e. The topological polar surface area (TPSA) is 116 Å². The number of aliphatic hydroxyl groups is 1. The van der Waals surface area contributed by atoms with E-state index in [1.807, 2.05) is 36.4 Å². The van der Waals surface area contributed by atoms with E-state index in [-0.39, 0.29) is 17.9 Å². The average molecular weight is 605 g/mol. The summed E-state index contributed by atoms with van der Waals surface area (Å²) in [6, 6.07) is 18.0. The molecular weight excluding hydrogens is 565 g/mol. The van der Waals surface area contributed by atoms with Crippen LogP contribution in [-0.2, 0) is 24.7 Å². The van der Waals surface area contributed by atoms with Crippen molar-refractivity contribution in [1.82, 2.24) is 5.32 Å². The summed E-state index contributed by atoms with van der Waals surface area (Å²) in [5.41, 5.74) is -0.890. The lowest BCUT2D eigenvalue weighted by Gasteiger charge is -2.51. The lowest BCUT2D eigenvalue weighted by Crippen LogP contribution is -2.67. The zero-order chi connectivity index (χ0) is 31.1. The number of fused-ring (bicyclic) bond motifs is 3. The van der Waals surface area contributed by atoms with Crippen LogP contribution in [0.15, 0.2) is 60.7 Å². The molecule has 2 aromatic rings. The molecule has 11 heteroatoms. The molecule has 6 rings (SSSR count). The minimum Gasteiger partial charge on any atom is -0.542 e. The second-order valence-electron chi connectivity index (χ2n) is 11.9. The fraction of sp³-hybridized carbons (Fsp3) is 0.531. The molecule has 3 saturated heterocycles. The van der Waals surface area contributed by atoms with E-state index in [1.165, 1.54) is 32.1 Å². The molecule has 4 aliphatic rings. The number of carboxylic acids is 1. The highest BCUT2D eigenvalue weighted by Crippen LogP contribution is 2.38. The predicted molar refractivity (Wildman–Crippen MR) is 149 cm³/mol. The number of rotatable bonds is 8. The SMILES string of the molecule is O=C(C[N+]12CCC(CC1)[C@@H](OC(=O)C(O)(c1ccccc1)c1ccccc1)C2)NCC1CCCCC1.O=C([O-])C(F)(F)F. The van der Waals surface area contributed by atoms with Crippen LogP contribution in [0.3, 0.4) is 0 Å². The Kier molecular flexibility index (Phi) is 10.5. The third kappa shape index (κ3) is 8.14. The largest absolute Gasteiger partial charge is 0.542 e. The number of amides is 1. The number of alkyl halides is 3. The highest BCUT2D eigenvalue weighted by molar-refractivity contribution is 5.85. The van der Waals surface area contributed by atoms with Crippen molar-refractivity contribution in [3.05, 3.63) is 71.8 Å². The first-order valence-electron chi connectivity index (χ1n) is 14.9. The van der Waals surface area contributed by atoms with E-state index < -0.39 is 23.7 Å². The van der Waals surface area contributed by atoms with Crippen LogP contribution in [0.4, 0.5) is 13.2 Å². The molecular formula is C32H39F3N2O6. The second-order valence-corrected chi connectivity index (χ2v) is 11.9. The van der Waals surface area contributed by atoms with Crippen molar-refractivity contribution < 1.29 is 47.0 Å². The van der Waals surface area contributed by atoms with Crippen LogP contribution in [-0.4, -0.2) is 72.4 Å². The number of quaternary nitrogens is 1. The third-order valence-electron chi connectivity index (χ3n) is 9.00. The number of carbonyl (C=O) groups excluding carboxylic acids is 3. The number of piperidine rings is 3. The number of carbonyl (C=O) groups is 3. The van der Waals surface area contributed by atoms with Crippen LogP contribution < -0.4 is 10.4 Å². The zero-order valence-corrected chi connectivity index (χ0v) is 24.1. The highest BCUT2D eigenvalue weighted by atomic mass is 19.4.